The monoisotopic (exact) mass is 161 g/mol. The average molecular weight is 161 g/mol. The van der Waals surface area contributed by atoms with Crippen molar-refractivity contribution in [3.8, 4) is 0 Å². The first-order valence-corrected chi connectivity index (χ1v) is 3.85. The molecule has 0 saturated carbocycles. The molecule has 56 valence electrons. The summed E-state index contributed by atoms with van der Waals surface area (Å²) < 4.78 is 0. The highest BCUT2D eigenvalue weighted by atomic mass is 28.1. The Balaban J connectivity index is 3.90. The summed E-state index contributed by atoms with van der Waals surface area (Å²) in [4.78, 5) is 29.3. The molecule has 7 heteroatoms. The van der Waals surface area contributed by atoms with Crippen LogP contribution in [-0.4, -0.2) is 28.5 Å². The van der Waals surface area contributed by atoms with Crippen molar-refractivity contribution in [2.24, 2.45) is 15.5 Å². The van der Waals surface area contributed by atoms with E-state index in [1.165, 1.54) is 0 Å². The second-order valence-corrected chi connectivity index (χ2v) is 3.01. The van der Waals surface area contributed by atoms with Crippen LogP contribution in [0, 0.1) is 14.7 Å². The fourth-order valence-electron chi connectivity index (χ4n) is 0.421. The predicted octanol–water partition coefficient (Wildman–Crippen LogP) is -0.654. The highest BCUT2D eigenvalue weighted by Crippen LogP contribution is 1.99. The maximum absolute atomic E-state index is 9.87. The molecule has 10 heavy (non-hydrogen) atoms. The van der Waals surface area contributed by atoms with Crippen molar-refractivity contribution in [1.82, 2.24) is 0 Å². The number of hydrogen-bond acceptors (Lipinski definition) is 6. The summed E-state index contributed by atoms with van der Waals surface area (Å²) in [5, 5.41) is 7.60. The topological polar surface area (TPSA) is 88.3 Å². The Hall–Kier alpha value is -0.983. The van der Waals surface area contributed by atoms with Crippen molar-refractivity contribution in [2.45, 2.75) is 11.7 Å². The van der Waals surface area contributed by atoms with Crippen LogP contribution in [0.4, 0.5) is 0 Å². The third-order valence-corrected chi connectivity index (χ3v) is 2.10. The van der Waals surface area contributed by atoms with Gasteiger partial charge < -0.3 is 0 Å². The van der Waals surface area contributed by atoms with Gasteiger partial charge in [-0.1, -0.05) is 15.5 Å². The Kier molecular flexibility index (Phi) is 4.38. The summed E-state index contributed by atoms with van der Waals surface area (Å²) >= 11 is 0. The normalized spacial score (nSPS) is 15.6. The molecule has 0 bridgehead atoms. The van der Waals surface area contributed by atoms with Crippen LogP contribution in [0.25, 0.3) is 0 Å². The molecule has 0 aliphatic rings. The first-order chi connectivity index (χ1) is 4.76. The molecule has 0 heterocycles. The summed E-state index contributed by atoms with van der Waals surface area (Å²) in [5.74, 6) is 0. The third-order valence-electron chi connectivity index (χ3n) is 1.12. The molecule has 0 spiro atoms. The molecule has 0 aliphatic heterocycles. The van der Waals surface area contributed by atoms with Gasteiger partial charge in [-0.25, -0.2) is 0 Å². The van der Waals surface area contributed by atoms with E-state index < -0.39 is 11.7 Å². The number of rotatable bonds is 5. The minimum Gasteiger partial charge on any atom is -0.151 e. The smallest absolute Gasteiger partial charge is 0.137 e. The number of hydrogen-bond donors (Lipinski definition) is 0. The average Bonchev–Trinajstić information content (AvgIpc) is 1.99. The second-order valence-electron chi connectivity index (χ2n) is 1.83. The number of nitrogens with zero attached hydrogens (tertiary/aromatic N) is 3. The lowest BCUT2D eigenvalue weighted by Crippen LogP contribution is -2.24. The molecule has 2 atom stereocenters. The number of nitroso groups, excluding NO2 is 3. The van der Waals surface area contributed by atoms with Gasteiger partial charge in [0.15, 0.2) is 0 Å². The highest BCUT2D eigenvalue weighted by molar-refractivity contribution is 6.12. The third kappa shape index (κ3) is 2.53. The largest absolute Gasteiger partial charge is 0.151 e. The van der Waals surface area contributed by atoms with E-state index in [4.69, 9.17) is 0 Å². The molecule has 6 nitrogen and oxygen atoms in total. The molecule has 2 unspecified atom stereocenters. The Morgan fingerprint density at radius 2 is 1.80 bits per heavy atom. The summed E-state index contributed by atoms with van der Waals surface area (Å²) in [6.45, 7) is -0.247. The van der Waals surface area contributed by atoms with Gasteiger partial charge in [0.05, 0.1) is 5.67 Å². The van der Waals surface area contributed by atoms with E-state index in [-0.39, 0.29) is 6.54 Å². The Morgan fingerprint density at radius 1 is 1.20 bits per heavy atom. The van der Waals surface area contributed by atoms with Crippen molar-refractivity contribution in [3.05, 3.63) is 14.7 Å². The molecule has 0 radical (unpaired) electrons. The zero-order valence-corrected chi connectivity index (χ0v) is 7.43. The maximum Gasteiger partial charge on any atom is 0.137 e. The first kappa shape index (κ1) is 9.02. The van der Waals surface area contributed by atoms with Gasteiger partial charge in [-0.05, 0) is 0 Å². The predicted molar refractivity (Wildman–Crippen MR) is 39.8 cm³/mol. The van der Waals surface area contributed by atoms with Gasteiger partial charge in [0.25, 0.3) is 0 Å². The lowest BCUT2D eigenvalue weighted by atomic mass is 10.3. The highest BCUT2D eigenvalue weighted by Gasteiger charge is 2.18. The molecule has 0 N–H and O–H groups in total. The van der Waals surface area contributed by atoms with Gasteiger partial charge >= 0.3 is 0 Å². The van der Waals surface area contributed by atoms with Gasteiger partial charge in [0.2, 0.25) is 0 Å². The van der Waals surface area contributed by atoms with E-state index >= 15 is 0 Å². The summed E-state index contributed by atoms with van der Waals surface area (Å²) in [6.07, 6.45) is 0. The lowest BCUT2D eigenvalue weighted by Gasteiger charge is -2.03. The molecule has 0 fully saturated rings. The van der Waals surface area contributed by atoms with Crippen LogP contribution in [0.5, 0.6) is 0 Å². The molecule has 0 saturated heterocycles. The quantitative estimate of drug-likeness (QED) is 0.396. The van der Waals surface area contributed by atoms with Crippen LogP contribution in [0.2, 0.25) is 0 Å². The van der Waals surface area contributed by atoms with Crippen molar-refractivity contribution in [2.75, 3.05) is 6.54 Å². The zero-order chi connectivity index (χ0) is 7.98. The molecule has 0 aliphatic carbocycles. The first-order valence-electron chi connectivity index (χ1n) is 2.70. The van der Waals surface area contributed by atoms with Crippen LogP contribution in [0.15, 0.2) is 15.5 Å². The van der Waals surface area contributed by atoms with Crippen molar-refractivity contribution in [3.63, 3.8) is 0 Å². The molecule has 0 aromatic heterocycles. The van der Waals surface area contributed by atoms with Gasteiger partial charge in [0.1, 0.15) is 12.6 Å². The van der Waals surface area contributed by atoms with Crippen LogP contribution in [0.3, 0.4) is 0 Å². The lowest BCUT2D eigenvalue weighted by molar-refractivity contribution is 0.645. The van der Waals surface area contributed by atoms with E-state index in [0.29, 0.717) is 10.2 Å². The standard InChI is InChI=1S/C3H7N3O3Si/c7-4-1-2(5-8)3(10)6-9/h2-3H,1H2,10H3. The van der Waals surface area contributed by atoms with Crippen LogP contribution in [0.1, 0.15) is 0 Å². The zero-order valence-electron chi connectivity index (χ0n) is 5.43. The van der Waals surface area contributed by atoms with E-state index in [1.807, 2.05) is 0 Å². The minimum atomic E-state index is -0.846. The Bertz CT molecular complexity index is 141. The summed E-state index contributed by atoms with van der Waals surface area (Å²) in [5.41, 5.74) is -0.629. The molecule has 0 aromatic carbocycles. The molecule has 0 aromatic rings. The second kappa shape index (κ2) is 4.85. The van der Waals surface area contributed by atoms with E-state index in [0.717, 1.165) is 0 Å². The fraction of sp³-hybridized carbons (Fsp3) is 1.00. The minimum absolute atomic E-state index is 0.247. The van der Waals surface area contributed by atoms with Gasteiger partial charge in [0, 0.05) is 10.2 Å². The van der Waals surface area contributed by atoms with Gasteiger partial charge in [-0.3, -0.25) is 0 Å². The molecular formula is C3H7N3O3Si. The summed E-state index contributed by atoms with van der Waals surface area (Å²) in [6, 6.07) is -0.846. The van der Waals surface area contributed by atoms with Gasteiger partial charge in [-0.15, -0.1) is 0 Å². The Labute approximate surface area is 59.7 Å². The van der Waals surface area contributed by atoms with Crippen LogP contribution >= 0.6 is 0 Å². The van der Waals surface area contributed by atoms with E-state index in [1.54, 1.807) is 0 Å². The van der Waals surface area contributed by atoms with Crippen LogP contribution in [-0.2, 0) is 0 Å². The summed E-state index contributed by atoms with van der Waals surface area (Å²) in [7, 11) is 0.425. The SMILES string of the molecule is O=NCC(N=O)C([SiH3])N=O. The Morgan fingerprint density at radius 3 is 2.10 bits per heavy atom. The maximum atomic E-state index is 9.87. The van der Waals surface area contributed by atoms with Crippen molar-refractivity contribution in [1.29, 1.82) is 0 Å². The molecule has 0 amide bonds. The van der Waals surface area contributed by atoms with Gasteiger partial charge in [-0.2, -0.15) is 14.7 Å². The van der Waals surface area contributed by atoms with Crippen LogP contribution < -0.4 is 0 Å². The van der Waals surface area contributed by atoms with E-state index in [9.17, 15) is 14.7 Å². The van der Waals surface area contributed by atoms with Crippen molar-refractivity contribution < 1.29 is 0 Å². The molecule has 0 rings (SSSR count). The van der Waals surface area contributed by atoms with Crippen molar-refractivity contribution >= 4 is 10.2 Å². The van der Waals surface area contributed by atoms with E-state index in [2.05, 4.69) is 15.5 Å². The molecular weight excluding hydrogens is 154 g/mol. The fourth-order valence-corrected chi connectivity index (χ4v) is 0.753.